The van der Waals surface area contributed by atoms with Crippen LogP contribution in [0.25, 0.3) is 11.5 Å². The van der Waals surface area contributed by atoms with Crippen LogP contribution in [-0.4, -0.2) is 40.1 Å². The predicted molar refractivity (Wildman–Crippen MR) is 111 cm³/mol. The molecular weight excluding hydrogens is 398 g/mol. The fraction of sp³-hybridized carbons (Fsp3) is 0.391. The van der Waals surface area contributed by atoms with Crippen LogP contribution in [0.5, 0.6) is 0 Å². The molecule has 0 bridgehead atoms. The molecule has 0 aliphatic carbocycles. The van der Waals surface area contributed by atoms with E-state index in [1.165, 1.54) is 0 Å². The van der Waals surface area contributed by atoms with Crippen molar-refractivity contribution in [2.75, 3.05) is 13.1 Å². The Morgan fingerprint density at radius 1 is 1.10 bits per heavy atom. The quantitative estimate of drug-likeness (QED) is 0.579. The monoisotopic (exact) mass is 423 g/mol. The fourth-order valence-corrected chi connectivity index (χ4v) is 4.10. The third kappa shape index (κ3) is 4.10. The minimum Gasteiger partial charge on any atom is -0.466 e. The summed E-state index contributed by atoms with van der Waals surface area (Å²) in [4.78, 5) is 26.8. The van der Waals surface area contributed by atoms with E-state index in [1.54, 1.807) is 11.8 Å². The first-order valence-electron chi connectivity index (χ1n) is 10.3. The molecule has 1 saturated heterocycles. The average molecular weight is 423 g/mol. The van der Waals surface area contributed by atoms with Crippen molar-refractivity contribution in [2.24, 2.45) is 0 Å². The molecule has 1 amide bonds. The molecule has 1 fully saturated rings. The molecular formula is C23H25N3O5. The topological polar surface area (TPSA) is 98.7 Å². The summed E-state index contributed by atoms with van der Waals surface area (Å²) in [5, 5.41) is 8.05. The number of piperidine rings is 1. The van der Waals surface area contributed by atoms with Gasteiger partial charge in [0.15, 0.2) is 6.61 Å². The lowest BCUT2D eigenvalue weighted by Gasteiger charge is -2.39. The Morgan fingerprint density at radius 3 is 2.42 bits per heavy atom. The highest BCUT2D eigenvalue weighted by Gasteiger charge is 2.44. The number of carbonyl (C=O) groups excluding carboxylic acids is 2. The zero-order valence-electron chi connectivity index (χ0n) is 17.9. The summed E-state index contributed by atoms with van der Waals surface area (Å²) in [6, 6.07) is 11.4. The first kappa shape index (κ1) is 20.8. The number of furan rings is 1. The van der Waals surface area contributed by atoms with E-state index in [1.807, 2.05) is 50.2 Å². The van der Waals surface area contributed by atoms with E-state index in [2.05, 4.69) is 10.2 Å². The molecule has 0 spiro atoms. The van der Waals surface area contributed by atoms with Crippen LogP contribution in [0.4, 0.5) is 0 Å². The van der Waals surface area contributed by atoms with Gasteiger partial charge in [-0.2, -0.15) is 0 Å². The summed E-state index contributed by atoms with van der Waals surface area (Å²) in [6.45, 7) is 6.10. The second-order valence-corrected chi connectivity index (χ2v) is 7.86. The first-order chi connectivity index (χ1) is 14.9. The molecule has 0 radical (unpaired) electrons. The third-order valence-corrected chi connectivity index (χ3v) is 5.84. The van der Waals surface area contributed by atoms with Crippen LogP contribution in [0, 0.1) is 13.8 Å². The van der Waals surface area contributed by atoms with Gasteiger partial charge in [-0.25, -0.2) is 0 Å². The molecule has 3 aromatic rings. The molecule has 2 aromatic heterocycles. The molecule has 1 aliphatic rings. The second-order valence-electron chi connectivity index (χ2n) is 7.86. The number of hydrogen-bond donors (Lipinski definition) is 0. The van der Waals surface area contributed by atoms with Gasteiger partial charge in [-0.1, -0.05) is 30.3 Å². The van der Waals surface area contributed by atoms with E-state index < -0.39 is 5.41 Å². The number of benzene rings is 1. The Morgan fingerprint density at radius 2 is 1.81 bits per heavy atom. The molecule has 3 heterocycles. The van der Waals surface area contributed by atoms with E-state index in [4.69, 9.17) is 13.6 Å². The number of amides is 1. The smallest absolute Gasteiger partial charge is 0.317 e. The van der Waals surface area contributed by atoms with Crippen molar-refractivity contribution in [2.45, 2.75) is 45.6 Å². The summed E-state index contributed by atoms with van der Waals surface area (Å²) in [5.74, 6) is 1.64. The van der Waals surface area contributed by atoms with Crippen molar-refractivity contribution in [3.8, 4) is 11.5 Å². The van der Waals surface area contributed by atoms with Gasteiger partial charge in [0, 0.05) is 20.0 Å². The lowest BCUT2D eigenvalue weighted by Crippen LogP contribution is -2.49. The molecule has 8 heteroatoms. The van der Waals surface area contributed by atoms with Crippen molar-refractivity contribution >= 4 is 11.9 Å². The van der Waals surface area contributed by atoms with Gasteiger partial charge in [-0.15, -0.1) is 10.2 Å². The molecule has 31 heavy (non-hydrogen) atoms. The number of carbonyl (C=O) groups is 2. The standard InChI is InChI=1S/C23H25N3O5/c1-15-13-19(16(2)30-15)21-25-24-20(31-21)14-29-22(28)23(18-7-5-4-6-8-18)9-11-26(12-10-23)17(3)27/h4-8,13H,9-12,14H2,1-3H3. The van der Waals surface area contributed by atoms with Gasteiger partial charge in [0.25, 0.3) is 11.8 Å². The van der Waals surface area contributed by atoms with Gasteiger partial charge in [-0.3, -0.25) is 9.59 Å². The van der Waals surface area contributed by atoms with E-state index >= 15 is 0 Å². The highest BCUT2D eigenvalue weighted by Crippen LogP contribution is 2.37. The van der Waals surface area contributed by atoms with Crippen LogP contribution in [0.1, 0.15) is 42.7 Å². The van der Waals surface area contributed by atoms with Crippen LogP contribution in [0.2, 0.25) is 0 Å². The Hall–Kier alpha value is -3.42. The number of hydrogen-bond acceptors (Lipinski definition) is 7. The van der Waals surface area contributed by atoms with Gasteiger partial charge >= 0.3 is 5.97 Å². The lowest BCUT2D eigenvalue weighted by atomic mass is 9.72. The molecule has 0 saturated carbocycles. The maximum absolute atomic E-state index is 13.3. The predicted octanol–water partition coefficient (Wildman–Crippen LogP) is 3.57. The average Bonchev–Trinajstić information content (AvgIpc) is 3.38. The molecule has 8 nitrogen and oxygen atoms in total. The Bertz CT molecular complexity index is 1080. The van der Waals surface area contributed by atoms with Gasteiger partial charge in [-0.05, 0) is 38.3 Å². The highest BCUT2D eigenvalue weighted by atomic mass is 16.5. The van der Waals surface area contributed by atoms with Crippen LogP contribution >= 0.6 is 0 Å². The van der Waals surface area contributed by atoms with Crippen LogP contribution in [-0.2, 0) is 26.3 Å². The third-order valence-electron chi connectivity index (χ3n) is 5.84. The summed E-state index contributed by atoms with van der Waals surface area (Å²) in [5.41, 5.74) is 0.799. The summed E-state index contributed by atoms with van der Waals surface area (Å²) in [7, 11) is 0. The zero-order valence-corrected chi connectivity index (χ0v) is 17.9. The zero-order chi connectivity index (χ0) is 22.0. The van der Waals surface area contributed by atoms with Gasteiger partial charge in [0.2, 0.25) is 5.91 Å². The van der Waals surface area contributed by atoms with Crippen molar-refractivity contribution in [1.82, 2.24) is 15.1 Å². The maximum atomic E-state index is 13.3. The van der Waals surface area contributed by atoms with E-state index in [0.29, 0.717) is 37.6 Å². The number of aromatic nitrogens is 2. The van der Waals surface area contributed by atoms with Gasteiger partial charge in [0.1, 0.15) is 11.5 Å². The minimum atomic E-state index is -0.811. The summed E-state index contributed by atoms with van der Waals surface area (Å²) in [6.07, 6.45) is 0.996. The number of aryl methyl sites for hydroxylation is 2. The Balaban J connectivity index is 1.50. The van der Waals surface area contributed by atoms with Crippen molar-refractivity contribution in [3.05, 3.63) is 59.4 Å². The van der Waals surface area contributed by atoms with Crippen molar-refractivity contribution in [1.29, 1.82) is 0 Å². The fourth-order valence-electron chi connectivity index (χ4n) is 4.10. The van der Waals surface area contributed by atoms with Gasteiger partial charge in [0.05, 0.1) is 11.0 Å². The SMILES string of the molecule is CC(=O)N1CCC(C(=O)OCc2nnc(-c3cc(C)oc3C)o2)(c2ccccc2)CC1. The molecule has 0 atom stereocenters. The number of rotatable bonds is 5. The molecule has 4 rings (SSSR count). The number of nitrogens with zero attached hydrogens (tertiary/aromatic N) is 3. The van der Waals surface area contributed by atoms with Crippen LogP contribution in [0.15, 0.2) is 45.2 Å². The number of ether oxygens (including phenoxy) is 1. The molecule has 0 N–H and O–H groups in total. The molecule has 162 valence electrons. The van der Waals surface area contributed by atoms with E-state index in [-0.39, 0.29) is 24.4 Å². The summed E-state index contributed by atoms with van der Waals surface area (Å²) >= 11 is 0. The van der Waals surface area contributed by atoms with Crippen LogP contribution in [0.3, 0.4) is 0 Å². The summed E-state index contributed by atoms with van der Waals surface area (Å²) < 4.78 is 16.8. The Labute approximate surface area is 180 Å². The van der Waals surface area contributed by atoms with Crippen LogP contribution < -0.4 is 0 Å². The van der Waals surface area contributed by atoms with E-state index in [0.717, 1.165) is 16.9 Å². The minimum absolute atomic E-state index is 0.0122. The second kappa shape index (κ2) is 8.37. The highest BCUT2D eigenvalue weighted by molar-refractivity contribution is 5.84. The van der Waals surface area contributed by atoms with Crippen molar-refractivity contribution in [3.63, 3.8) is 0 Å². The lowest BCUT2D eigenvalue weighted by molar-refractivity contribution is -0.156. The Kier molecular flexibility index (Phi) is 5.63. The number of likely N-dealkylation sites (tertiary alicyclic amines) is 1. The maximum Gasteiger partial charge on any atom is 0.317 e. The van der Waals surface area contributed by atoms with E-state index in [9.17, 15) is 9.59 Å². The molecule has 1 aliphatic heterocycles. The molecule has 0 unspecified atom stereocenters. The van der Waals surface area contributed by atoms with Gasteiger partial charge < -0.3 is 18.5 Å². The molecule has 1 aromatic carbocycles. The van der Waals surface area contributed by atoms with Crippen molar-refractivity contribution < 1.29 is 23.2 Å². The first-order valence-corrected chi connectivity index (χ1v) is 10.3. The number of esters is 1. The largest absolute Gasteiger partial charge is 0.466 e. The normalized spacial score (nSPS) is 15.6.